The van der Waals surface area contributed by atoms with E-state index in [2.05, 4.69) is 5.32 Å². The molecular weight excluding hydrogens is 328 g/mol. The fourth-order valence-corrected chi connectivity index (χ4v) is 3.21. The van der Waals surface area contributed by atoms with Crippen molar-refractivity contribution in [1.82, 2.24) is 10.2 Å². The zero-order valence-corrected chi connectivity index (χ0v) is 15.0. The molecule has 2 amide bonds. The van der Waals surface area contributed by atoms with Crippen LogP contribution in [0.5, 0.6) is 5.75 Å². The van der Waals surface area contributed by atoms with Crippen LogP contribution in [0.4, 0.5) is 0 Å². The Kier molecular flexibility index (Phi) is 5.89. The van der Waals surface area contributed by atoms with Gasteiger partial charge < -0.3 is 15.0 Å². The maximum Gasteiger partial charge on any atom is 0.225 e. The highest BCUT2D eigenvalue weighted by Gasteiger charge is 2.34. The number of rotatable bonds is 7. The molecule has 2 aromatic carbocycles. The topological polar surface area (TPSA) is 58.6 Å². The minimum atomic E-state index is -0.274. The van der Waals surface area contributed by atoms with Crippen LogP contribution in [0.3, 0.4) is 0 Å². The van der Waals surface area contributed by atoms with Crippen LogP contribution < -0.4 is 10.1 Å². The molecule has 1 heterocycles. The molecule has 1 saturated heterocycles. The highest BCUT2D eigenvalue weighted by atomic mass is 16.5. The first-order chi connectivity index (χ1) is 12.7. The number of nitrogens with zero attached hydrogens (tertiary/aromatic N) is 1. The second kappa shape index (κ2) is 8.52. The Morgan fingerprint density at radius 1 is 1.15 bits per heavy atom. The van der Waals surface area contributed by atoms with Crippen molar-refractivity contribution in [3.63, 3.8) is 0 Å². The second-order valence-electron chi connectivity index (χ2n) is 6.55. The molecule has 0 aliphatic carbocycles. The molecule has 1 atom stereocenters. The molecule has 0 saturated carbocycles. The van der Waals surface area contributed by atoms with Crippen LogP contribution in [0.2, 0.25) is 0 Å². The van der Waals surface area contributed by atoms with Gasteiger partial charge >= 0.3 is 0 Å². The molecule has 1 aliphatic rings. The highest BCUT2D eigenvalue weighted by molar-refractivity contribution is 5.89. The quantitative estimate of drug-likeness (QED) is 0.832. The summed E-state index contributed by atoms with van der Waals surface area (Å²) < 4.78 is 5.22. The Labute approximate surface area is 154 Å². The summed E-state index contributed by atoms with van der Waals surface area (Å²) in [6, 6.07) is 17.7. The first-order valence-electron chi connectivity index (χ1n) is 8.88. The molecular formula is C21H24N2O3. The van der Waals surface area contributed by atoms with Crippen LogP contribution in [-0.2, 0) is 22.6 Å². The number of methoxy groups -OCH3 is 1. The number of likely N-dealkylation sites (tertiary alicyclic amines) is 1. The van der Waals surface area contributed by atoms with Gasteiger partial charge in [0, 0.05) is 26.1 Å². The number of hydrogen-bond donors (Lipinski definition) is 1. The van der Waals surface area contributed by atoms with Crippen LogP contribution in [0, 0.1) is 5.92 Å². The fraction of sp³-hybridized carbons (Fsp3) is 0.333. The molecule has 5 nitrogen and oxygen atoms in total. The second-order valence-corrected chi connectivity index (χ2v) is 6.55. The molecule has 0 aromatic heterocycles. The Hall–Kier alpha value is -2.82. The van der Waals surface area contributed by atoms with E-state index in [1.54, 1.807) is 12.0 Å². The van der Waals surface area contributed by atoms with Gasteiger partial charge in [-0.1, -0.05) is 42.5 Å². The van der Waals surface area contributed by atoms with Gasteiger partial charge in [-0.15, -0.1) is 0 Å². The Morgan fingerprint density at radius 3 is 2.69 bits per heavy atom. The molecule has 0 spiro atoms. The summed E-state index contributed by atoms with van der Waals surface area (Å²) >= 11 is 0. The summed E-state index contributed by atoms with van der Waals surface area (Å²) in [6.07, 6.45) is 1.07. The number of ether oxygens (including phenoxy) is 1. The lowest BCUT2D eigenvalue weighted by Gasteiger charge is -2.17. The Balaban J connectivity index is 1.49. The summed E-state index contributed by atoms with van der Waals surface area (Å²) in [5.41, 5.74) is 2.19. The molecule has 136 valence electrons. The standard InChI is InChI=1S/C21H24N2O3/c1-26-19-9-5-8-17(12-19)14-23-15-18(13-20(23)24)21(25)22-11-10-16-6-3-2-4-7-16/h2-9,12,18H,10-11,13-15H2,1H3,(H,22,25)/t18-/m1/s1. The third-order valence-corrected chi connectivity index (χ3v) is 4.65. The number of benzene rings is 2. The number of amides is 2. The van der Waals surface area contributed by atoms with Crippen LogP contribution in [-0.4, -0.2) is 36.9 Å². The minimum absolute atomic E-state index is 0.0241. The van der Waals surface area contributed by atoms with E-state index in [0.717, 1.165) is 17.7 Å². The largest absolute Gasteiger partial charge is 0.497 e. The smallest absolute Gasteiger partial charge is 0.225 e. The van der Waals surface area contributed by atoms with Crippen molar-refractivity contribution in [2.24, 2.45) is 5.92 Å². The maximum absolute atomic E-state index is 12.4. The average molecular weight is 352 g/mol. The zero-order valence-electron chi connectivity index (χ0n) is 15.0. The monoisotopic (exact) mass is 352 g/mol. The zero-order chi connectivity index (χ0) is 18.4. The molecule has 0 unspecified atom stereocenters. The number of nitrogens with one attached hydrogen (secondary N) is 1. The van der Waals surface area contributed by atoms with Crippen LogP contribution >= 0.6 is 0 Å². The maximum atomic E-state index is 12.4. The van der Waals surface area contributed by atoms with Crippen molar-refractivity contribution in [3.05, 3.63) is 65.7 Å². The van der Waals surface area contributed by atoms with E-state index in [4.69, 9.17) is 4.74 Å². The lowest BCUT2D eigenvalue weighted by atomic mass is 10.1. The SMILES string of the molecule is COc1cccc(CN2C[C@H](C(=O)NCCc3ccccc3)CC2=O)c1. The Morgan fingerprint density at radius 2 is 1.92 bits per heavy atom. The molecule has 1 N–H and O–H groups in total. The third kappa shape index (κ3) is 4.63. The van der Waals surface area contributed by atoms with Crippen LogP contribution in [0.15, 0.2) is 54.6 Å². The predicted octanol–water partition coefficient (Wildman–Crippen LogP) is 2.40. The van der Waals surface area contributed by atoms with Crippen molar-refractivity contribution in [2.45, 2.75) is 19.4 Å². The molecule has 0 radical (unpaired) electrons. The fourth-order valence-electron chi connectivity index (χ4n) is 3.21. The van der Waals surface area contributed by atoms with Gasteiger partial charge in [0.15, 0.2) is 0 Å². The summed E-state index contributed by atoms with van der Waals surface area (Å²) in [4.78, 5) is 26.4. The van der Waals surface area contributed by atoms with Crippen molar-refractivity contribution >= 4 is 11.8 Å². The van der Waals surface area contributed by atoms with E-state index < -0.39 is 0 Å². The lowest BCUT2D eigenvalue weighted by molar-refractivity contribution is -0.129. The molecule has 26 heavy (non-hydrogen) atoms. The van der Waals surface area contributed by atoms with Crippen molar-refractivity contribution in [2.75, 3.05) is 20.2 Å². The summed E-state index contributed by atoms with van der Waals surface area (Å²) in [7, 11) is 1.62. The van der Waals surface area contributed by atoms with E-state index in [1.165, 1.54) is 5.56 Å². The summed E-state index contributed by atoms with van der Waals surface area (Å²) in [5, 5.41) is 2.96. The number of carbonyl (C=O) groups is 2. The van der Waals surface area contributed by atoms with Crippen molar-refractivity contribution in [3.8, 4) is 5.75 Å². The summed E-state index contributed by atoms with van der Waals surface area (Å²) in [6.45, 7) is 1.56. The van der Waals surface area contributed by atoms with E-state index in [-0.39, 0.29) is 24.2 Å². The van der Waals surface area contributed by atoms with Gasteiger partial charge in [-0.3, -0.25) is 9.59 Å². The van der Waals surface area contributed by atoms with Gasteiger partial charge in [0.2, 0.25) is 11.8 Å². The van der Waals surface area contributed by atoms with Crippen LogP contribution in [0.1, 0.15) is 17.5 Å². The molecule has 2 aromatic rings. The van der Waals surface area contributed by atoms with Gasteiger partial charge in [-0.25, -0.2) is 0 Å². The molecule has 3 rings (SSSR count). The van der Waals surface area contributed by atoms with Crippen molar-refractivity contribution in [1.29, 1.82) is 0 Å². The van der Waals surface area contributed by atoms with E-state index >= 15 is 0 Å². The molecule has 0 bridgehead atoms. The number of carbonyl (C=O) groups excluding carboxylic acids is 2. The predicted molar refractivity (Wildman–Crippen MR) is 99.7 cm³/mol. The first-order valence-corrected chi connectivity index (χ1v) is 8.88. The van der Waals surface area contributed by atoms with Gasteiger partial charge in [0.25, 0.3) is 0 Å². The highest BCUT2D eigenvalue weighted by Crippen LogP contribution is 2.22. The third-order valence-electron chi connectivity index (χ3n) is 4.65. The van der Waals surface area contributed by atoms with Gasteiger partial charge in [-0.2, -0.15) is 0 Å². The average Bonchev–Trinajstić information content (AvgIpc) is 3.03. The molecule has 1 fully saturated rings. The van der Waals surface area contributed by atoms with Crippen molar-refractivity contribution < 1.29 is 14.3 Å². The van der Waals surface area contributed by atoms with E-state index in [9.17, 15) is 9.59 Å². The van der Waals surface area contributed by atoms with E-state index in [0.29, 0.717) is 19.6 Å². The minimum Gasteiger partial charge on any atom is -0.497 e. The molecule has 1 aliphatic heterocycles. The lowest BCUT2D eigenvalue weighted by Crippen LogP contribution is -2.34. The van der Waals surface area contributed by atoms with Gasteiger partial charge in [0.1, 0.15) is 5.75 Å². The normalized spacial score (nSPS) is 16.6. The van der Waals surface area contributed by atoms with Crippen LogP contribution in [0.25, 0.3) is 0 Å². The number of hydrogen-bond acceptors (Lipinski definition) is 3. The first kappa shape index (κ1) is 18.0. The summed E-state index contributed by atoms with van der Waals surface area (Å²) in [5.74, 6) is 0.478. The molecule has 5 heteroatoms. The Bertz CT molecular complexity index is 761. The van der Waals surface area contributed by atoms with E-state index in [1.807, 2.05) is 54.6 Å². The van der Waals surface area contributed by atoms with Gasteiger partial charge in [0.05, 0.1) is 13.0 Å². The van der Waals surface area contributed by atoms with Gasteiger partial charge in [-0.05, 0) is 29.7 Å².